The Labute approximate surface area is 119 Å². The van der Waals surface area contributed by atoms with Gasteiger partial charge < -0.3 is 9.94 Å². The molecule has 2 aromatic carbocycles. The number of phenolic OH excluding ortho intramolecular Hbond substituents is 1. The Morgan fingerprint density at radius 2 is 1.52 bits per heavy atom. The fraction of sp³-hybridized carbons (Fsp3) is 0. The van der Waals surface area contributed by atoms with Crippen LogP contribution in [0.4, 0.5) is 0 Å². The molecule has 108 valence electrons. The summed E-state index contributed by atoms with van der Waals surface area (Å²) in [6.45, 7) is 0. The molecule has 0 unspecified atom stereocenters. The third-order valence-electron chi connectivity index (χ3n) is 2.64. The Morgan fingerprint density at radius 1 is 0.905 bits per heavy atom. The lowest BCUT2D eigenvalue weighted by atomic mass is 10.2. The van der Waals surface area contributed by atoms with Crippen LogP contribution in [-0.4, -0.2) is 22.1 Å². The van der Waals surface area contributed by atoms with Crippen molar-refractivity contribution >= 4 is 11.8 Å². The molecule has 2 aromatic rings. The number of para-hydroxylation sites is 2. The first kappa shape index (κ1) is 14.4. The quantitative estimate of drug-likeness (QED) is 0.500. The summed E-state index contributed by atoms with van der Waals surface area (Å²) in [5, 5.41) is 18.2. The Hall–Kier alpha value is -3.06. The fourth-order valence-corrected chi connectivity index (χ4v) is 1.63. The average Bonchev–Trinajstić information content (AvgIpc) is 2.52. The second kappa shape index (κ2) is 6.40. The van der Waals surface area contributed by atoms with Gasteiger partial charge in [-0.15, -0.1) is 0 Å². The van der Waals surface area contributed by atoms with Crippen LogP contribution in [0.1, 0.15) is 20.7 Å². The van der Waals surface area contributed by atoms with Gasteiger partial charge in [-0.05, 0) is 24.3 Å². The highest BCUT2D eigenvalue weighted by atomic mass is 16.7. The molecule has 0 aromatic heterocycles. The van der Waals surface area contributed by atoms with Gasteiger partial charge in [-0.3, -0.25) is 14.8 Å². The van der Waals surface area contributed by atoms with Crippen molar-refractivity contribution in [3.63, 3.8) is 0 Å². The summed E-state index contributed by atoms with van der Waals surface area (Å²) >= 11 is 0. The van der Waals surface area contributed by atoms with E-state index in [1.807, 2.05) is 0 Å². The minimum Gasteiger partial charge on any atom is -0.507 e. The molecule has 4 N–H and O–H groups in total. The van der Waals surface area contributed by atoms with Gasteiger partial charge in [-0.25, -0.2) is 5.48 Å². The van der Waals surface area contributed by atoms with E-state index in [2.05, 4.69) is 5.48 Å². The lowest BCUT2D eigenvalue weighted by Gasteiger charge is -2.10. The van der Waals surface area contributed by atoms with E-state index in [1.165, 1.54) is 29.7 Å². The normalized spacial score (nSPS) is 9.76. The van der Waals surface area contributed by atoms with Crippen LogP contribution >= 0.6 is 0 Å². The fourth-order valence-electron chi connectivity index (χ4n) is 1.63. The Balaban J connectivity index is 2.12. The predicted octanol–water partition coefficient (Wildman–Crippen LogP) is 1.23. The second-order valence-electron chi connectivity index (χ2n) is 3.99. The number of amides is 2. The van der Waals surface area contributed by atoms with Crippen molar-refractivity contribution in [2.45, 2.75) is 0 Å². The van der Waals surface area contributed by atoms with Crippen LogP contribution in [0.15, 0.2) is 48.5 Å². The molecule has 2 rings (SSSR count). The molecule has 0 fully saturated rings. The van der Waals surface area contributed by atoms with Gasteiger partial charge in [0.05, 0.1) is 11.1 Å². The van der Waals surface area contributed by atoms with Crippen LogP contribution in [0.3, 0.4) is 0 Å². The summed E-state index contributed by atoms with van der Waals surface area (Å²) in [5.74, 6) is -1.59. The van der Waals surface area contributed by atoms with E-state index in [9.17, 15) is 14.7 Å². The van der Waals surface area contributed by atoms with Crippen LogP contribution in [-0.2, 0) is 0 Å². The van der Waals surface area contributed by atoms with Crippen LogP contribution in [0, 0.1) is 0 Å². The number of carbonyl (C=O) groups excluding carboxylic acids is 2. The molecule has 21 heavy (non-hydrogen) atoms. The highest BCUT2D eigenvalue weighted by Gasteiger charge is 2.14. The van der Waals surface area contributed by atoms with Crippen LogP contribution in [0.5, 0.6) is 11.5 Å². The second-order valence-corrected chi connectivity index (χ2v) is 3.99. The summed E-state index contributed by atoms with van der Waals surface area (Å²) in [7, 11) is 0. The van der Waals surface area contributed by atoms with Crippen molar-refractivity contribution in [2.75, 3.05) is 0 Å². The number of aromatic hydroxyl groups is 1. The molecule has 7 nitrogen and oxygen atoms in total. The zero-order valence-electron chi connectivity index (χ0n) is 10.7. The maximum atomic E-state index is 11.8. The molecule has 0 spiro atoms. The smallest absolute Gasteiger partial charge is 0.287 e. The first-order valence-electron chi connectivity index (χ1n) is 5.92. The molecular weight excluding hydrogens is 276 g/mol. The van der Waals surface area contributed by atoms with E-state index >= 15 is 0 Å². The topological polar surface area (TPSA) is 108 Å². The van der Waals surface area contributed by atoms with E-state index in [0.29, 0.717) is 0 Å². The van der Waals surface area contributed by atoms with Gasteiger partial charge >= 0.3 is 0 Å². The van der Waals surface area contributed by atoms with Gasteiger partial charge in [0.1, 0.15) is 5.75 Å². The first-order valence-corrected chi connectivity index (χ1v) is 5.92. The van der Waals surface area contributed by atoms with Gasteiger partial charge in [0.15, 0.2) is 5.75 Å². The van der Waals surface area contributed by atoms with E-state index in [0.717, 1.165) is 0 Å². The molecule has 0 bridgehead atoms. The summed E-state index contributed by atoms with van der Waals surface area (Å²) < 4.78 is 0. The third-order valence-corrected chi connectivity index (χ3v) is 2.64. The van der Waals surface area contributed by atoms with Crippen LogP contribution in [0.2, 0.25) is 0 Å². The maximum Gasteiger partial charge on any atom is 0.287 e. The van der Waals surface area contributed by atoms with Crippen molar-refractivity contribution in [2.24, 2.45) is 0 Å². The molecule has 0 aliphatic rings. The van der Waals surface area contributed by atoms with Crippen molar-refractivity contribution in [3.8, 4) is 11.5 Å². The zero-order valence-corrected chi connectivity index (χ0v) is 10.7. The van der Waals surface area contributed by atoms with Crippen molar-refractivity contribution in [3.05, 3.63) is 59.7 Å². The van der Waals surface area contributed by atoms with Gasteiger partial charge in [0, 0.05) is 0 Å². The Bertz CT molecular complexity index is 672. The predicted molar refractivity (Wildman–Crippen MR) is 71.9 cm³/mol. The molecule has 0 aliphatic carbocycles. The molecular formula is C14H12N2O5. The summed E-state index contributed by atoms with van der Waals surface area (Å²) in [6.07, 6.45) is 0. The van der Waals surface area contributed by atoms with Gasteiger partial charge in [-0.2, -0.15) is 5.48 Å². The standard InChI is InChI=1S/C14H12N2O5/c17-11-7-3-1-5-9(11)14(19)16-21-12-8-4-2-6-10(12)13(18)15-20/h1-8,17,20H,(H,15,18)(H,16,19). The lowest BCUT2D eigenvalue weighted by molar-refractivity contribution is 0.0678. The number of hydrogen-bond donors (Lipinski definition) is 4. The summed E-state index contributed by atoms with van der Waals surface area (Å²) in [6, 6.07) is 12.0. The van der Waals surface area contributed by atoms with Gasteiger partial charge in [0.2, 0.25) is 0 Å². The highest BCUT2D eigenvalue weighted by Crippen LogP contribution is 2.18. The number of rotatable bonds is 4. The summed E-state index contributed by atoms with van der Waals surface area (Å²) in [4.78, 5) is 28.3. The summed E-state index contributed by atoms with van der Waals surface area (Å²) in [5.41, 5.74) is 3.66. The molecule has 7 heteroatoms. The number of hydroxylamine groups is 2. The van der Waals surface area contributed by atoms with Crippen molar-refractivity contribution in [1.29, 1.82) is 0 Å². The van der Waals surface area contributed by atoms with Gasteiger partial charge in [-0.1, -0.05) is 24.3 Å². The van der Waals surface area contributed by atoms with E-state index in [1.54, 1.807) is 24.3 Å². The molecule has 0 saturated heterocycles. The number of benzene rings is 2. The van der Waals surface area contributed by atoms with Crippen LogP contribution in [0.25, 0.3) is 0 Å². The van der Waals surface area contributed by atoms with Crippen molar-refractivity contribution < 1.29 is 24.7 Å². The Kier molecular flexibility index (Phi) is 4.37. The number of hydrogen-bond acceptors (Lipinski definition) is 5. The first-order chi connectivity index (χ1) is 10.1. The minimum atomic E-state index is -0.776. The molecule has 2 amide bonds. The number of carbonyl (C=O) groups is 2. The average molecular weight is 288 g/mol. The molecule has 0 aliphatic heterocycles. The molecule has 0 radical (unpaired) electrons. The van der Waals surface area contributed by atoms with Crippen LogP contribution < -0.4 is 15.8 Å². The maximum absolute atomic E-state index is 11.8. The Morgan fingerprint density at radius 3 is 2.19 bits per heavy atom. The van der Waals surface area contributed by atoms with E-state index in [4.69, 9.17) is 10.0 Å². The lowest BCUT2D eigenvalue weighted by Crippen LogP contribution is -2.28. The minimum absolute atomic E-state index is 0.0293. The number of phenols is 1. The van der Waals surface area contributed by atoms with Crippen molar-refractivity contribution in [1.82, 2.24) is 11.0 Å². The largest absolute Gasteiger partial charge is 0.507 e. The molecule has 0 saturated carbocycles. The highest BCUT2D eigenvalue weighted by molar-refractivity contribution is 5.97. The molecule has 0 atom stereocenters. The van der Waals surface area contributed by atoms with Gasteiger partial charge in [0.25, 0.3) is 11.8 Å². The number of nitrogens with one attached hydrogen (secondary N) is 2. The van der Waals surface area contributed by atoms with E-state index < -0.39 is 11.8 Å². The SMILES string of the molecule is O=C(NOc1ccccc1C(=O)NO)c1ccccc1O. The zero-order chi connectivity index (χ0) is 15.2. The monoisotopic (exact) mass is 288 g/mol. The van der Waals surface area contributed by atoms with E-state index in [-0.39, 0.29) is 22.6 Å². The molecule has 0 heterocycles. The third kappa shape index (κ3) is 3.28.